The third kappa shape index (κ3) is 3.02. The first-order valence-electron chi connectivity index (χ1n) is 6.45. The first-order chi connectivity index (χ1) is 10.2. The number of hydrogen-bond donors (Lipinski definition) is 0. The molecular weight excluding hydrogens is 268 g/mol. The van der Waals surface area contributed by atoms with Crippen molar-refractivity contribution in [2.75, 3.05) is 11.9 Å². The fraction of sp³-hybridized carbons (Fsp3) is 0.214. The van der Waals surface area contributed by atoms with E-state index in [1.807, 2.05) is 24.1 Å². The summed E-state index contributed by atoms with van der Waals surface area (Å²) in [4.78, 5) is 18.9. The second kappa shape index (κ2) is 5.66. The molecule has 3 aromatic heterocycles. The van der Waals surface area contributed by atoms with E-state index in [4.69, 9.17) is 4.52 Å². The van der Waals surface area contributed by atoms with Crippen LogP contribution in [0.3, 0.4) is 0 Å². The van der Waals surface area contributed by atoms with Crippen LogP contribution in [0.25, 0.3) is 11.5 Å². The van der Waals surface area contributed by atoms with E-state index in [1.165, 1.54) is 0 Å². The Morgan fingerprint density at radius 1 is 1.19 bits per heavy atom. The Kier molecular flexibility index (Phi) is 3.55. The molecule has 0 radical (unpaired) electrons. The molecule has 0 aliphatic rings. The molecular formula is C14H14N6O. The van der Waals surface area contributed by atoms with Gasteiger partial charge in [-0.1, -0.05) is 5.16 Å². The quantitative estimate of drug-likeness (QED) is 0.722. The van der Waals surface area contributed by atoms with Gasteiger partial charge in [-0.25, -0.2) is 4.98 Å². The zero-order valence-electron chi connectivity index (χ0n) is 11.8. The van der Waals surface area contributed by atoms with E-state index >= 15 is 0 Å². The number of rotatable bonds is 4. The van der Waals surface area contributed by atoms with E-state index < -0.39 is 0 Å². The largest absolute Gasteiger partial charge is 0.354 e. The number of hydrogen-bond acceptors (Lipinski definition) is 7. The van der Waals surface area contributed by atoms with E-state index in [0.29, 0.717) is 18.3 Å². The maximum atomic E-state index is 5.17. The minimum absolute atomic E-state index is 0.490. The average Bonchev–Trinajstić information content (AvgIpc) is 2.95. The summed E-state index contributed by atoms with van der Waals surface area (Å²) >= 11 is 0. The van der Waals surface area contributed by atoms with Crippen molar-refractivity contribution in [2.45, 2.75) is 13.5 Å². The summed E-state index contributed by atoms with van der Waals surface area (Å²) in [5.74, 6) is 1.90. The standard InChI is InChI=1S/C14H14N6O/c1-10-18-14(21-19-10)11-3-4-17-13(7-11)20(2)9-12-8-15-5-6-16-12/h3-8H,9H2,1-2H3. The van der Waals surface area contributed by atoms with Crippen LogP contribution in [0.2, 0.25) is 0 Å². The highest BCUT2D eigenvalue weighted by molar-refractivity contribution is 5.58. The molecule has 0 saturated carbocycles. The fourth-order valence-corrected chi connectivity index (χ4v) is 1.91. The first kappa shape index (κ1) is 13.2. The van der Waals surface area contributed by atoms with Crippen LogP contribution in [0, 0.1) is 6.92 Å². The molecule has 7 heteroatoms. The van der Waals surface area contributed by atoms with Gasteiger partial charge in [-0.2, -0.15) is 4.98 Å². The fourth-order valence-electron chi connectivity index (χ4n) is 1.91. The molecule has 0 spiro atoms. The molecule has 106 valence electrons. The zero-order valence-corrected chi connectivity index (χ0v) is 11.8. The molecule has 0 aliphatic heterocycles. The van der Waals surface area contributed by atoms with Crippen molar-refractivity contribution in [3.63, 3.8) is 0 Å². The normalized spacial score (nSPS) is 10.6. The van der Waals surface area contributed by atoms with Gasteiger partial charge in [0, 0.05) is 31.2 Å². The molecule has 3 heterocycles. The van der Waals surface area contributed by atoms with Gasteiger partial charge in [0.05, 0.1) is 18.4 Å². The van der Waals surface area contributed by atoms with Crippen molar-refractivity contribution < 1.29 is 4.52 Å². The van der Waals surface area contributed by atoms with Gasteiger partial charge in [0.1, 0.15) is 5.82 Å². The Bertz CT molecular complexity index is 727. The molecule has 3 rings (SSSR count). The number of anilines is 1. The molecule has 0 bridgehead atoms. The molecule has 0 aliphatic carbocycles. The summed E-state index contributed by atoms with van der Waals surface area (Å²) in [7, 11) is 1.94. The summed E-state index contributed by atoms with van der Waals surface area (Å²) in [5, 5.41) is 3.80. The molecule has 0 N–H and O–H groups in total. The lowest BCUT2D eigenvalue weighted by molar-refractivity contribution is 0.425. The van der Waals surface area contributed by atoms with Crippen LogP contribution in [0.4, 0.5) is 5.82 Å². The highest BCUT2D eigenvalue weighted by atomic mass is 16.5. The molecule has 0 saturated heterocycles. The molecule has 0 aromatic carbocycles. The second-order valence-electron chi connectivity index (χ2n) is 4.60. The highest BCUT2D eigenvalue weighted by Gasteiger charge is 2.10. The van der Waals surface area contributed by atoms with Crippen LogP contribution in [0.15, 0.2) is 41.4 Å². The third-order valence-electron chi connectivity index (χ3n) is 2.93. The van der Waals surface area contributed by atoms with Crippen LogP contribution < -0.4 is 4.90 Å². The number of pyridine rings is 1. The minimum Gasteiger partial charge on any atom is -0.354 e. The maximum Gasteiger partial charge on any atom is 0.258 e. The van der Waals surface area contributed by atoms with Crippen molar-refractivity contribution in [2.24, 2.45) is 0 Å². The Labute approximate surface area is 121 Å². The number of aromatic nitrogens is 5. The van der Waals surface area contributed by atoms with E-state index in [2.05, 4.69) is 25.1 Å². The molecule has 0 fully saturated rings. The van der Waals surface area contributed by atoms with Gasteiger partial charge in [0.25, 0.3) is 5.89 Å². The summed E-state index contributed by atoms with van der Waals surface area (Å²) in [6, 6.07) is 3.75. The predicted molar refractivity (Wildman–Crippen MR) is 76.4 cm³/mol. The van der Waals surface area contributed by atoms with E-state index in [1.54, 1.807) is 31.7 Å². The summed E-state index contributed by atoms with van der Waals surface area (Å²) in [5.41, 5.74) is 1.72. The third-order valence-corrected chi connectivity index (χ3v) is 2.93. The smallest absolute Gasteiger partial charge is 0.258 e. The summed E-state index contributed by atoms with van der Waals surface area (Å²) < 4.78 is 5.17. The van der Waals surface area contributed by atoms with Gasteiger partial charge in [-0.15, -0.1) is 0 Å². The van der Waals surface area contributed by atoms with Gasteiger partial charge in [-0.05, 0) is 19.1 Å². The van der Waals surface area contributed by atoms with Crippen molar-refractivity contribution in [1.29, 1.82) is 0 Å². The number of nitrogens with zero attached hydrogens (tertiary/aromatic N) is 6. The second-order valence-corrected chi connectivity index (χ2v) is 4.60. The lowest BCUT2D eigenvalue weighted by atomic mass is 10.2. The number of aryl methyl sites for hydroxylation is 1. The molecule has 3 aromatic rings. The van der Waals surface area contributed by atoms with Crippen LogP contribution >= 0.6 is 0 Å². The zero-order chi connectivity index (χ0) is 14.7. The molecule has 0 atom stereocenters. The highest BCUT2D eigenvalue weighted by Crippen LogP contribution is 2.21. The van der Waals surface area contributed by atoms with Crippen LogP contribution in [-0.4, -0.2) is 32.1 Å². The van der Waals surface area contributed by atoms with Gasteiger partial charge in [-0.3, -0.25) is 9.97 Å². The topological polar surface area (TPSA) is 80.8 Å². The van der Waals surface area contributed by atoms with E-state index in [-0.39, 0.29) is 0 Å². The first-order valence-corrected chi connectivity index (χ1v) is 6.45. The Morgan fingerprint density at radius 3 is 2.81 bits per heavy atom. The average molecular weight is 282 g/mol. The van der Waals surface area contributed by atoms with Crippen molar-refractivity contribution in [3.8, 4) is 11.5 Å². The van der Waals surface area contributed by atoms with Crippen molar-refractivity contribution in [3.05, 3.63) is 48.4 Å². The SMILES string of the molecule is Cc1noc(-c2ccnc(N(C)Cc3cnccn3)c2)n1. The van der Waals surface area contributed by atoms with Crippen LogP contribution in [0.5, 0.6) is 0 Å². The lowest BCUT2D eigenvalue weighted by Gasteiger charge is -2.17. The molecule has 7 nitrogen and oxygen atoms in total. The predicted octanol–water partition coefficient (Wildman–Crippen LogP) is 1.87. The lowest BCUT2D eigenvalue weighted by Crippen LogP contribution is -2.18. The van der Waals surface area contributed by atoms with Gasteiger partial charge in [0.2, 0.25) is 0 Å². The summed E-state index contributed by atoms with van der Waals surface area (Å²) in [6.07, 6.45) is 6.79. The monoisotopic (exact) mass is 282 g/mol. The Hall–Kier alpha value is -2.83. The van der Waals surface area contributed by atoms with E-state index in [9.17, 15) is 0 Å². The van der Waals surface area contributed by atoms with Crippen LogP contribution in [-0.2, 0) is 6.54 Å². The Balaban J connectivity index is 1.82. The maximum absolute atomic E-state index is 5.17. The van der Waals surface area contributed by atoms with Crippen LogP contribution in [0.1, 0.15) is 11.5 Å². The molecule has 0 unspecified atom stereocenters. The van der Waals surface area contributed by atoms with Gasteiger partial charge >= 0.3 is 0 Å². The van der Waals surface area contributed by atoms with Crippen molar-refractivity contribution in [1.82, 2.24) is 25.1 Å². The van der Waals surface area contributed by atoms with E-state index in [0.717, 1.165) is 17.1 Å². The minimum atomic E-state index is 0.490. The van der Waals surface area contributed by atoms with Gasteiger partial charge in [0.15, 0.2) is 5.82 Å². The van der Waals surface area contributed by atoms with Gasteiger partial charge < -0.3 is 9.42 Å². The van der Waals surface area contributed by atoms with Crippen molar-refractivity contribution >= 4 is 5.82 Å². The molecule has 0 amide bonds. The Morgan fingerprint density at radius 2 is 2.10 bits per heavy atom. The molecule has 21 heavy (non-hydrogen) atoms. The summed E-state index contributed by atoms with van der Waals surface area (Å²) in [6.45, 7) is 2.41.